The number of hydrogen-bond acceptors (Lipinski definition) is 6. The number of hydrogen-bond donors (Lipinski definition) is 1. The Bertz CT molecular complexity index is 879. The smallest absolute Gasteiger partial charge is 0.243 e. The van der Waals surface area contributed by atoms with E-state index in [4.69, 9.17) is 0 Å². The number of piperazine rings is 1. The molecule has 1 unspecified atom stereocenters. The van der Waals surface area contributed by atoms with Crippen LogP contribution in [0.25, 0.3) is 5.65 Å². The third-order valence-corrected chi connectivity index (χ3v) is 5.17. The van der Waals surface area contributed by atoms with Gasteiger partial charge in [-0.15, -0.1) is 34.2 Å². The van der Waals surface area contributed by atoms with Crippen LogP contribution >= 0.6 is 24.0 Å². The van der Waals surface area contributed by atoms with E-state index in [9.17, 15) is 4.79 Å². The number of guanidine groups is 1. The molecule has 1 aliphatic carbocycles. The summed E-state index contributed by atoms with van der Waals surface area (Å²) in [5.41, 5.74) is 0.768. The molecule has 1 saturated carbocycles. The van der Waals surface area contributed by atoms with E-state index in [0.29, 0.717) is 6.04 Å². The summed E-state index contributed by atoms with van der Waals surface area (Å²) in [6.07, 6.45) is 7.64. The first kappa shape index (κ1) is 21.5. The minimum Gasteiger partial charge on any atom is -0.353 e. The van der Waals surface area contributed by atoms with Crippen molar-refractivity contribution in [3.63, 3.8) is 0 Å². The van der Waals surface area contributed by atoms with Crippen LogP contribution in [0.3, 0.4) is 0 Å². The second-order valence-corrected chi connectivity index (χ2v) is 7.65. The highest BCUT2D eigenvalue weighted by Gasteiger charge is 2.31. The Kier molecular flexibility index (Phi) is 6.75. The maximum Gasteiger partial charge on any atom is 0.243 e. The van der Waals surface area contributed by atoms with Crippen molar-refractivity contribution in [1.82, 2.24) is 34.7 Å². The maximum absolute atomic E-state index is 12.0. The van der Waals surface area contributed by atoms with Crippen molar-refractivity contribution in [1.29, 1.82) is 0 Å². The minimum atomic E-state index is 0. The Balaban J connectivity index is 0.00000240. The van der Waals surface area contributed by atoms with Crippen LogP contribution in [-0.4, -0.2) is 93.6 Å². The van der Waals surface area contributed by atoms with Gasteiger partial charge in [0.1, 0.15) is 12.9 Å². The van der Waals surface area contributed by atoms with Crippen molar-refractivity contribution in [2.24, 2.45) is 4.99 Å². The van der Waals surface area contributed by atoms with Crippen LogP contribution in [0.4, 0.5) is 5.82 Å². The molecule has 0 bridgehead atoms. The number of rotatable bonds is 4. The quantitative estimate of drug-likeness (QED) is 0.361. The number of anilines is 1. The topological polar surface area (TPSA) is 94.3 Å². The number of aliphatic imine (C=N–C) groups is 1. The number of likely N-dealkylation sites (N-methyl/N-ethyl adjacent to an activating group) is 1. The average Bonchev–Trinajstić information content (AvgIpc) is 3.37. The van der Waals surface area contributed by atoms with E-state index in [1.807, 2.05) is 10.6 Å². The van der Waals surface area contributed by atoms with Crippen LogP contribution in [0, 0.1) is 0 Å². The summed E-state index contributed by atoms with van der Waals surface area (Å²) >= 11 is 0. The zero-order chi connectivity index (χ0) is 19.7. The number of nitrogens with one attached hydrogen (secondary N) is 1. The number of aromatic nitrogens is 4. The first-order valence-corrected chi connectivity index (χ1v) is 9.70. The van der Waals surface area contributed by atoms with Crippen molar-refractivity contribution in [2.75, 3.05) is 45.2 Å². The lowest BCUT2D eigenvalue weighted by atomic mass is 10.2. The van der Waals surface area contributed by atoms with E-state index in [1.165, 1.54) is 0 Å². The van der Waals surface area contributed by atoms with Gasteiger partial charge in [0, 0.05) is 58.2 Å². The van der Waals surface area contributed by atoms with E-state index in [0.717, 1.165) is 49.9 Å². The van der Waals surface area contributed by atoms with Gasteiger partial charge in [-0.1, -0.05) is 0 Å². The molecule has 1 atom stereocenters. The summed E-state index contributed by atoms with van der Waals surface area (Å²) in [6, 6.07) is 0.702. The molecule has 0 spiro atoms. The highest BCUT2D eigenvalue weighted by molar-refractivity contribution is 14.0. The van der Waals surface area contributed by atoms with Gasteiger partial charge in [-0.25, -0.2) is 9.98 Å². The Labute approximate surface area is 187 Å². The molecule has 2 aromatic rings. The fourth-order valence-corrected chi connectivity index (χ4v) is 3.34. The van der Waals surface area contributed by atoms with Gasteiger partial charge in [0.05, 0.1) is 0 Å². The van der Waals surface area contributed by atoms with Crippen LogP contribution in [0.15, 0.2) is 23.7 Å². The van der Waals surface area contributed by atoms with Crippen LogP contribution < -0.4 is 10.2 Å². The van der Waals surface area contributed by atoms with E-state index >= 15 is 0 Å². The molecule has 2 fully saturated rings. The summed E-state index contributed by atoms with van der Waals surface area (Å²) < 4.78 is 1.88. The lowest BCUT2D eigenvalue weighted by Crippen LogP contribution is -2.57. The molecule has 1 aliphatic heterocycles. The van der Waals surface area contributed by atoms with Crippen LogP contribution in [0.5, 0.6) is 0 Å². The Morgan fingerprint density at radius 2 is 2.14 bits per heavy atom. The fourth-order valence-electron chi connectivity index (χ4n) is 3.34. The molecule has 10 nitrogen and oxygen atoms in total. The zero-order valence-electron chi connectivity index (χ0n) is 17.0. The van der Waals surface area contributed by atoms with Crippen molar-refractivity contribution in [2.45, 2.75) is 31.8 Å². The second kappa shape index (κ2) is 9.09. The maximum atomic E-state index is 12.0. The van der Waals surface area contributed by atoms with Gasteiger partial charge in [-0.05, 0) is 19.8 Å². The normalized spacial score (nSPS) is 19.8. The Morgan fingerprint density at radius 1 is 1.34 bits per heavy atom. The molecule has 3 heterocycles. The lowest BCUT2D eigenvalue weighted by molar-refractivity contribution is -0.127. The summed E-state index contributed by atoms with van der Waals surface area (Å²) in [5, 5.41) is 11.7. The molecule has 4 rings (SSSR count). The standard InChI is InChI=1S/C18H27N9O.HI/c1-13-11-25(18(22-14-4-5-14)20-10-15(28)24(2)3)8-9-27(13)16-17-23-21-12-26(17)7-6-19-16;/h6-7,12-14H,4-5,8-11H2,1-3H3,(H,20,22);1H. The molecule has 2 aliphatic rings. The number of amides is 1. The predicted molar refractivity (Wildman–Crippen MR) is 122 cm³/mol. The van der Waals surface area contributed by atoms with Gasteiger partial charge >= 0.3 is 0 Å². The molecule has 29 heavy (non-hydrogen) atoms. The Morgan fingerprint density at radius 3 is 2.83 bits per heavy atom. The van der Waals surface area contributed by atoms with Crippen molar-refractivity contribution < 1.29 is 4.79 Å². The molecule has 158 valence electrons. The molecule has 11 heteroatoms. The summed E-state index contributed by atoms with van der Waals surface area (Å²) in [7, 11) is 3.51. The molecule has 0 radical (unpaired) electrons. The van der Waals surface area contributed by atoms with Gasteiger partial charge in [-0.3, -0.25) is 9.20 Å². The van der Waals surface area contributed by atoms with E-state index < -0.39 is 0 Å². The first-order chi connectivity index (χ1) is 13.5. The largest absolute Gasteiger partial charge is 0.353 e. The monoisotopic (exact) mass is 513 g/mol. The number of halogens is 1. The average molecular weight is 513 g/mol. The van der Waals surface area contributed by atoms with Crippen molar-refractivity contribution in [3.8, 4) is 0 Å². The van der Waals surface area contributed by atoms with E-state index in [2.05, 4.69) is 42.2 Å². The third-order valence-electron chi connectivity index (χ3n) is 5.17. The second-order valence-electron chi connectivity index (χ2n) is 7.65. The summed E-state index contributed by atoms with van der Waals surface area (Å²) in [4.78, 5) is 27.2. The summed E-state index contributed by atoms with van der Waals surface area (Å²) in [5.74, 6) is 1.69. The minimum absolute atomic E-state index is 0. The summed E-state index contributed by atoms with van der Waals surface area (Å²) in [6.45, 7) is 4.74. The Hall–Kier alpha value is -2.18. The number of nitrogens with zero attached hydrogens (tertiary/aromatic N) is 8. The van der Waals surface area contributed by atoms with Gasteiger partial charge in [0.2, 0.25) is 11.6 Å². The molecule has 0 aromatic carbocycles. The van der Waals surface area contributed by atoms with Crippen molar-refractivity contribution in [3.05, 3.63) is 18.7 Å². The molecule has 1 N–H and O–H groups in total. The number of carbonyl (C=O) groups is 1. The lowest BCUT2D eigenvalue weighted by Gasteiger charge is -2.41. The predicted octanol–water partition coefficient (Wildman–Crippen LogP) is 0.449. The van der Waals surface area contributed by atoms with Crippen molar-refractivity contribution >= 4 is 47.3 Å². The van der Waals surface area contributed by atoms with Gasteiger partial charge in [0.25, 0.3) is 0 Å². The molecule has 1 amide bonds. The highest BCUT2D eigenvalue weighted by atomic mass is 127. The third kappa shape index (κ3) is 4.87. The van der Waals surface area contributed by atoms with E-state index in [1.54, 1.807) is 31.5 Å². The molecule has 1 saturated heterocycles. The number of fused-ring (bicyclic) bond motifs is 1. The van der Waals surface area contributed by atoms with Gasteiger partial charge < -0.3 is 20.0 Å². The van der Waals surface area contributed by atoms with Gasteiger partial charge in [0.15, 0.2) is 11.8 Å². The molecular formula is C18H28IN9O. The fraction of sp³-hybridized carbons (Fsp3) is 0.611. The zero-order valence-corrected chi connectivity index (χ0v) is 19.4. The van der Waals surface area contributed by atoms with Crippen LogP contribution in [0.2, 0.25) is 0 Å². The van der Waals surface area contributed by atoms with Gasteiger partial charge in [-0.2, -0.15) is 0 Å². The van der Waals surface area contributed by atoms with E-state index in [-0.39, 0.29) is 42.5 Å². The van der Waals surface area contributed by atoms with Crippen LogP contribution in [-0.2, 0) is 4.79 Å². The van der Waals surface area contributed by atoms with Crippen LogP contribution in [0.1, 0.15) is 19.8 Å². The highest BCUT2D eigenvalue weighted by Crippen LogP contribution is 2.23. The SMILES string of the molecule is CC1CN(C(=NCC(=O)N(C)C)NC2CC2)CCN1c1nccn2cnnc12.I. The first-order valence-electron chi connectivity index (χ1n) is 9.70. The molecule has 2 aromatic heterocycles. The number of carbonyl (C=O) groups excluding carboxylic acids is 1. The molecular weight excluding hydrogens is 485 g/mol.